The van der Waals surface area contributed by atoms with Crippen LogP contribution in [0.2, 0.25) is 26.2 Å². The topological polar surface area (TPSA) is 52.6 Å². The molecule has 2 fully saturated rings. The fourth-order valence-corrected chi connectivity index (χ4v) is 10.5. The van der Waals surface area contributed by atoms with E-state index in [1.165, 1.54) is 63.0 Å². The third kappa shape index (κ3) is 9.10. The predicted octanol–water partition coefficient (Wildman–Crippen LogP) is 2.39. The Labute approximate surface area is 225 Å². The molecule has 184 valence electrons. The molecule has 4 nitrogen and oxygen atoms in total. The van der Waals surface area contributed by atoms with Crippen molar-refractivity contribution in [2.24, 2.45) is 0 Å². The molecule has 2 aromatic rings. The van der Waals surface area contributed by atoms with Crippen molar-refractivity contribution >= 4 is 26.8 Å². The Hall–Kier alpha value is -0.143. The van der Waals surface area contributed by atoms with E-state index in [1.54, 1.807) is 10.4 Å². The molecule has 0 N–H and O–H groups in total. The van der Waals surface area contributed by atoms with Crippen molar-refractivity contribution in [2.75, 3.05) is 40.4 Å². The van der Waals surface area contributed by atoms with Crippen LogP contribution in [-0.4, -0.2) is 66.0 Å². The average molecular weight is 566 g/mol. The maximum absolute atomic E-state index is 8.25. The first kappa shape index (κ1) is 32.9. The molecule has 0 amide bonds. The number of aryl methyl sites for hydroxylation is 2. The van der Waals surface area contributed by atoms with Gasteiger partial charge in [-0.05, 0) is 51.9 Å². The van der Waals surface area contributed by atoms with Crippen LogP contribution >= 0.6 is 0 Å². The molecule has 7 heteroatoms. The summed E-state index contributed by atoms with van der Waals surface area (Å²) >= 11 is 0. The molecule has 2 aliphatic heterocycles. The van der Waals surface area contributed by atoms with E-state index >= 15 is 0 Å². The number of hydrogen-bond donors (Lipinski definition) is 0. The molecule has 0 aromatic heterocycles. The van der Waals surface area contributed by atoms with Crippen molar-refractivity contribution in [1.82, 2.24) is 9.13 Å². The first-order valence-corrected chi connectivity index (χ1v) is 17.9. The summed E-state index contributed by atoms with van der Waals surface area (Å²) in [5, 5.41) is 19.7. The number of hydrogen-bond acceptors (Lipinski definition) is 4. The van der Waals surface area contributed by atoms with E-state index in [0.29, 0.717) is 0 Å². The zero-order valence-electron chi connectivity index (χ0n) is 22.3. The third-order valence-corrected chi connectivity index (χ3v) is 14.5. The van der Waals surface area contributed by atoms with Crippen molar-refractivity contribution < 1.29 is 36.4 Å². The van der Waals surface area contributed by atoms with Gasteiger partial charge in [-0.2, -0.15) is 38.5 Å². The second kappa shape index (κ2) is 15.8. The standard InChI is InChI=1S/2C12H20NSi.2CH3O.Zr/c2*1-11-6-7-12(10-11)14(2,3)13-8-4-5-9-13;2*1-2;/h2*6-7,10H,4-5,8-9H2,1-3H3;2*1H3;/q4*-1;+4. The molecule has 0 radical (unpaired) electrons. The molecule has 0 unspecified atom stereocenters. The molecule has 2 heterocycles. The summed E-state index contributed by atoms with van der Waals surface area (Å²) in [4.78, 5) is 0. The zero-order valence-corrected chi connectivity index (χ0v) is 26.8. The van der Waals surface area contributed by atoms with Crippen molar-refractivity contribution in [3.63, 3.8) is 0 Å². The Bertz CT molecular complexity index is 698. The van der Waals surface area contributed by atoms with Crippen LogP contribution in [0.25, 0.3) is 0 Å². The Morgan fingerprint density at radius 2 is 0.909 bits per heavy atom. The van der Waals surface area contributed by atoms with Crippen molar-refractivity contribution in [3.8, 4) is 0 Å². The molecule has 4 rings (SSSR count). The summed E-state index contributed by atoms with van der Waals surface area (Å²) in [6, 6.07) is 13.9. The normalized spacial score (nSPS) is 16.5. The first-order chi connectivity index (χ1) is 15.2. The van der Waals surface area contributed by atoms with E-state index in [9.17, 15) is 0 Å². The summed E-state index contributed by atoms with van der Waals surface area (Å²) in [6.07, 6.45) is 5.60. The predicted molar refractivity (Wildman–Crippen MR) is 141 cm³/mol. The van der Waals surface area contributed by atoms with E-state index < -0.39 is 16.5 Å². The van der Waals surface area contributed by atoms with Gasteiger partial charge in [0.25, 0.3) is 0 Å². The maximum atomic E-state index is 8.25. The van der Waals surface area contributed by atoms with Gasteiger partial charge in [-0.3, -0.25) is 0 Å². The summed E-state index contributed by atoms with van der Waals surface area (Å²) in [7, 11) is -1.08. The van der Waals surface area contributed by atoms with Gasteiger partial charge in [-0.15, -0.1) is 10.4 Å². The zero-order chi connectivity index (χ0) is 24.4. The maximum Gasteiger partial charge on any atom is 4.00 e. The fourth-order valence-electron chi connectivity index (χ4n) is 4.80. The average Bonchev–Trinajstić information content (AvgIpc) is 3.59. The molecule has 33 heavy (non-hydrogen) atoms. The number of nitrogens with zero attached hydrogens (tertiary/aromatic N) is 2. The monoisotopic (exact) mass is 564 g/mol. The largest absolute Gasteiger partial charge is 4.00 e. The van der Waals surface area contributed by atoms with E-state index in [4.69, 9.17) is 10.2 Å². The molecule has 0 bridgehead atoms. The third-order valence-electron chi connectivity index (χ3n) is 7.02. The molecular formula is C26H46N2O2Si2Zr. The summed E-state index contributed by atoms with van der Waals surface area (Å²) in [5.41, 5.74) is 2.83. The quantitative estimate of drug-likeness (QED) is 0.422. The molecule has 0 spiro atoms. The fraction of sp³-hybridized carbons (Fsp3) is 0.615. The minimum atomic E-state index is -1.29. The van der Waals surface area contributed by atoms with Crippen LogP contribution in [-0.2, 0) is 26.2 Å². The second-order valence-electron chi connectivity index (χ2n) is 9.86. The van der Waals surface area contributed by atoms with Crippen molar-refractivity contribution in [3.05, 3.63) is 47.5 Å². The molecule has 0 aliphatic carbocycles. The summed E-state index contributed by atoms with van der Waals surface area (Å²) in [5.74, 6) is 0. The van der Waals surface area contributed by atoms with Gasteiger partial charge < -0.3 is 19.3 Å². The Morgan fingerprint density at radius 3 is 1.12 bits per heavy atom. The van der Waals surface area contributed by atoms with Gasteiger partial charge in [-0.25, -0.2) is 23.3 Å². The van der Waals surface area contributed by atoms with Crippen LogP contribution in [0.4, 0.5) is 0 Å². The van der Waals surface area contributed by atoms with Crippen LogP contribution in [0.5, 0.6) is 0 Å². The minimum Gasteiger partial charge on any atom is -0.857 e. The van der Waals surface area contributed by atoms with Crippen molar-refractivity contribution in [1.29, 1.82) is 0 Å². The van der Waals surface area contributed by atoms with Crippen molar-refractivity contribution in [2.45, 2.75) is 65.7 Å². The van der Waals surface area contributed by atoms with Gasteiger partial charge in [0.2, 0.25) is 0 Å². The van der Waals surface area contributed by atoms with Gasteiger partial charge in [0.1, 0.15) is 0 Å². The minimum absolute atomic E-state index is 0. The Balaban J connectivity index is 0.000000526. The molecule has 2 saturated heterocycles. The van der Waals surface area contributed by atoms with Gasteiger partial charge in [0.15, 0.2) is 0 Å². The van der Waals surface area contributed by atoms with Crippen LogP contribution < -0.4 is 20.6 Å². The van der Waals surface area contributed by atoms with E-state index in [-0.39, 0.29) is 26.2 Å². The molecule has 0 atom stereocenters. The van der Waals surface area contributed by atoms with Crippen LogP contribution in [0.1, 0.15) is 36.8 Å². The Morgan fingerprint density at radius 1 is 0.636 bits per heavy atom. The first-order valence-electron chi connectivity index (χ1n) is 12.0. The van der Waals surface area contributed by atoms with Crippen LogP contribution in [0, 0.1) is 13.8 Å². The molecule has 2 aliphatic rings. The molecule has 0 saturated carbocycles. The Kier molecular flexibility index (Phi) is 15.7. The smallest absolute Gasteiger partial charge is 0.857 e. The SMILES string of the molecule is C[O-].C[O-].Cc1cc[c-]([Si](C)(C)N2CCCC2)c1.Cc1cc[c-]([Si](C)(C)N2CCCC2)c1.[Zr+4]. The van der Waals surface area contributed by atoms with Gasteiger partial charge in [-0.1, -0.05) is 40.0 Å². The van der Waals surface area contributed by atoms with Gasteiger partial charge >= 0.3 is 26.2 Å². The second-order valence-corrected chi connectivity index (χ2v) is 18.5. The van der Waals surface area contributed by atoms with Crippen LogP contribution in [0.3, 0.4) is 0 Å². The molecular weight excluding hydrogens is 520 g/mol. The number of rotatable bonds is 4. The molecule has 2 aromatic carbocycles. The van der Waals surface area contributed by atoms with E-state index in [2.05, 4.69) is 85.6 Å². The van der Waals surface area contributed by atoms with Gasteiger partial charge in [0, 0.05) is 0 Å². The summed E-state index contributed by atoms with van der Waals surface area (Å²) in [6.45, 7) is 19.6. The van der Waals surface area contributed by atoms with E-state index in [1.807, 2.05) is 0 Å². The van der Waals surface area contributed by atoms with Gasteiger partial charge in [0.05, 0.1) is 16.5 Å². The van der Waals surface area contributed by atoms with E-state index in [0.717, 1.165) is 14.2 Å². The van der Waals surface area contributed by atoms with Crippen LogP contribution in [0.15, 0.2) is 36.4 Å². The summed E-state index contributed by atoms with van der Waals surface area (Å²) < 4.78 is 5.48.